The van der Waals surface area contributed by atoms with Crippen LogP contribution in [0.15, 0.2) is 41.6 Å². The maximum atomic E-state index is 6.25. The molecule has 0 saturated carbocycles. The minimum atomic E-state index is 0.227. The third-order valence-corrected chi connectivity index (χ3v) is 5.06. The molecular weight excluding hydrogens is 394 g/mol. The highest BCUT2D eigenvalue weighted by molar-refractivity contribution is 6.32. The second-order valence-corrected chi connectivity index (χ2v) is 7.35. The molecule has 0 amide bonds. The van der Waals surface area contributed by atoms with Gasteiger partial charge in [-0.25, -0.2) is 0 Å². The van der Waals surface area contributed by atoms with Gasteiger partial charge in [-0.15, -0.1) is 0 Å². The van der Waals surface area contributed by atoms with Crippen LogP contribution in [0.1, 0.15) is 16.7 Å². The Morgan fingerprint density at radius 3 is 2.76 bits per heavy atom. The summed E-state index contributed by atoms with van der Waals surface area (Å²) in [5.74, 6) is 1.52. The lowest BCUT2D eigenvalue weighted by molar-refractivity contribution is 0.0342. The predicted octanol–water partition coefficient (Wildman–Crippen LogP) is 2.78. The molecule has 7 nitrogen and oxygen atoms in total. The van der Waals surface area contributed by atoms with Crippen molar-refractivity contribution in [3.63, 3.8) is 0 Å². The van der Waals surface area contributed by atoms with Crippen molar-refractivity contribution in [2.45, 2.75) is 13.2 Å². The zero-order valence-electron chi connectivity index (χ0n) is 16.1. The maximum Gasteiger partial charge on any atom is 0.179 e. The van der Waals surface area contributed by atoms with Crippen molar-refractivity contribution in [2.24, 2.45) is 10.9 Å². The van der Waals surface area contributed by atoms with Gasteiger partial charge in [0.05, 0.1) is 18.2 Å². The minimum Gasteiger partial charge on any atom is -0.486 e. The van der Waals surface area contributed by atoms with Gasteiger partial charge in [-0.05, 0) is 29.3 Å². The molecule has 2 aromatic carbocycles. The summed E-state index contributed by atoms with van der Waals surface area (Å²) < 4.78 is 16.5. The molecule has 0 unspecified atom stereocenters. The van der Waals surface area contributed by atoms with Crippen LogP contribution in [0.25, 0.3) is 0 Å². The number of halogens is 1. The van der Waals surface area contributed by atoms with Crippen LogP contribution in [0.3, 0.4) is 0 Å². The smallest absolute Gasteiger partial charge is 0.179 e. The SMILES string of the molecule is N/C(=N/OCc1cc(Cl)c2c(c1)OCCO2)c1cccc(CN2CCOCC2)c1. The lowest BCUT2D eigenvalue weighted by atomic mass is 10.1. The Morgan fingerprint density at radius 2 is 1.90 bits per heavy atom. The summed E-state index contributed by atoms with van der Waals surface area (Å²) in [4.78, 5) is 7.81. The van der Waals surface area contributed by atoms with Crippen LogP contribution in [0.5, 0.6) is 11.5 Å². The fraction of sp³-hybridized carbons (Fsp3) is 0.381. The molecule has 2 heterocycles. The molecule has 1 fully saturated rings. The average molecular weight is 418 g/mol. The molecule has 4 rings (SSSR count). The summed E-state index contributed by atoms with van der Waals surface area (Å²) in [5.41, 5.74) is 8.96. The highest BCUT2D eigenvalue weighted by atomic mass is 35.5. The summed E-state index contributed by atoms with van der Waals surface area (Å²) in [7, 11) is 0. The first kappa shape index (κ1) is 19.8. The molecule has 0 aliphatic carbocycles. The standard InChI is InChI=1S/C21H24ClN3O4/c22-18-11-16(12-19-20(18)28-9-8-27-19)14-29-24-21(23)17-3-1-2-15(10-17)13-25-4-6-26-7-5-25/h1-3,10-12H,4-9,13-14H2,(H2,23,24). The number of benzene rings is 2. The normalized spacial score (nSPS) is 17.2. The molecule has 2 N–H and O–H groups in total. The molecule has 2 aliphatic rings. The number of hydrogen-bond acceptors (Lipinski definition) is 6. The first-order valence-corrected chi connectivity index (χ1v) is 10.00. The van der Waals surface area contributed by atoms with Crippen molar-refractivity contribution in [1.29, 1.82) is 0 Å². The van der Waals surface area contributed by atoms with Gasteiger partial charge in [0.15, 0.2) is 17.3 Å². The molecule has 1 saturated heterocycles. The monoisotopic (exact) mass is 417 g/mol. The zero-order valence-corrected chi connectivity index (χ0v) is 16.9. The lowest BCUT2D eigenvalue weighted by Gasteiger charge is -2.26. The predicted molar refractivity (Wildman–Crippen MR) is 110 cm³/mol. The number of rotatable bonds is 6. The van der Waals surface area contributed by atoms with Gasteiger partial charge in [0, 0.05) is 25.2 Å². The van der Waals surface area contributed by atoms with Gasteiger partial charge in [-0.2, -0.15) is 0 Å². The summed E-state index contributed by atoms with van der Waals surface area (Å²) in [5, 5.41) is 4.56. The Bertz CT molecular complexity index is 884. The molecule has 0 radical (unpaired) electrons. The van der Waals surface area contributed by atoms with Gasteiger partial charge in [0.1, 0.15) is 19.8 Å². The topological polar surface area (TPSA) is 78.5 Å². The van der Waals surface area contributed by atoms with E-state index in [1.165, 1.54) is 5.56 Å². The summed E-state index contributed by atoms with van der Waals surface area (Å²) in [6, 6.07) is 11.7. The maximum absolute atomic E-state index is 6.25. The number of morpholine rings is 1. The summed E-state index contributed by atoms with van der Waals surface area (Å²) >= 11 is 6.25. The summed E-state index contributed by atoms with van der Waals surface area (Å²) in [6.07, 6.45) is 0. The molecule has 154 valence electrons. The Morgan fingerprint density at radius 1 is 1.07 bits per heavy atom. The van der Waals surface area contributed by atoms with Crippen LogP contribution in [0, 0.1) is 0 Å². The van der Waals surface area contributed by atoms with Crippen molar-refractivity contribution in [1.82, 2.24) is 4.90 Å². The number of nitrogens with zero attached hydrogens (tertiary/aromatic N) is 2. The quantitative estimate of drug-likeness (QED) is 0.442. The van der Waals surface area contributed by atoms with Gasteiger partial charge in [0.25, 0.3) is 0 Å². The Labute approximate surface area is 174 Å². The highest BCUT2D eigenvalue weighted by Crippen LogP contribution is 2.38. The molecular formula is C21H24ClN3O4. The molecule has 0 spiro atoms. The van der Waals surface area contributed by atoms with Crippen molar-refractivity contribution >= 4 is 17.4 Å². The molecule has 2 aliphatic heterocycles. The Hall–Kier alpha value is -2.48. The summed E-state index contributed by atoms with van der Waals surface area (Å²) in [6.45, 7) is 5.52. The van der Waals surface area contributed by atoms with Gasteiger partial charge in [-0.1, -0.05) is 35.0 Å². The van der Waals surface area contributed by atoms with E-state index in [1.54, 1.807) is 6.07 Å². The van der Waals surface area contributed by atoms with Gasteiger partial charge < -0.3 is 24.8 Å². The number of nitrogens with two attached hydrogens (primary N) is 1. The second kappa shape index (κ2) is 9.35. The van der Waals surface area contributed by atoms with Crippen LogP contribution in [-0.4, -0.2) is 50.3 Å². The van der Waals surface area contributed by atoms with E-state index in [0.717, 1.165) is 44.0 Å². The van der Waals surface area contributed by atoms with Gasteiger partial charge >= 0.3 is 0 Å². The zero-order chi connectivity index (χ0) is 20.1. The third kappa shape index (κ3) is 5.12. The second-order valence-electron chi connectivity index (χ2n) is 6.94. The van der Waals surface area contributed by atoms with Crippen molar-refractivity contribution in [2.75, 3.05) is 39.5 Å². The largest absolute Gasteiger partial charge is 0.486 e. The van der Waals surface area contributed by atoms with Crippen molar-refractivity contribution in [3.05, 3.63) is 58.1 Å². The fourth-order valence-electron chi connectivity index (χ4n) is 3.32. The van der Waals surface area contributed by atoms with E-state index in [-0.39, 0.29) is 6.61 Å². The lowest BCUT2D eigenvalue weighted by Crippen LogP contribution is -2.35. The van der Waals surface area contributed by atoms with Crippen LogP contribution < -0.4 is 15.2 Å². The van der Waals surface area contributed by atoms with Crippen LogP contribution >= 0.6 is 11.6 Å². The third-order valence-electron chi connectivity index (χ3n) is 4.78. The molecule has 0 atom stereocenters. The van der Waals surface area contributed by atoms with Gasteiger partial charge in [-0.3, -0.25) is 4.90 Å². The molecule has 0 aromatic heterocycles. The van der Waals surface area contributed by atoms with Crippen molar-refractivity contribution < 1.29 is 19.0 Å². The van der Waals surface area contributed by atoms with Gasteiger partial charge in [0.2, 0.25) is 0 Å². The molecule has 2 aromatic rings. The highest BCUT2D eigenvalue weighted by Gasteiger charge is 2.17. The van der Waals surface area contributed by atoms with Crippen LogP contribution in [-0.2, 0) is 22.7 Å². The molecule has 0 bridgehead atoms. The molecule has 29 heavy (non-hydrogen) atoms. The first-order valence-electron chi connectivity index (χ1n) is 9.62. The minimum absolute atomic E-state index is 0.227. The number of amidine groups is 1. The number of oxime groups is 1. The van der Waals surface area contributed by atoms with E-state index < -0.39 is 0 Å². The van der Waals surface area contributed by atoms with E-state index in [0.29, 0.717) is 35.6 Å². The van der Waals surface area contributed by atoms with E-state index in [9.17, 15) is 0 Å². The molecule has 8 heteroatoms. The van der Waals surface area contributed by atoms with Crippen LogP contribution in [0.4, 0.5) is 0 Å². The van der Waals surface area contributed by atoms with Crippen molar-refractivity contribution in [3.8, 4) is 11.5 Å². The fourth-order valence-corrected chi connectivity index (χ4v) is 3.61. The van der Waals surface area contributed by atoms with E-state index in [4.69, 9.17) is 36.4 Å². The van der Waals surface area contributed by atoms with Crippen LogP contribution in [0.2, 0.25) is 5.02 Å². The number of hydrogen-bond donors (Lipinski definition) is 1. The Balaban J connectivity index is 1.37. The first-order chi connectivity index (χ1) is 14.2. The number of fused-ring (bicyclic) bond motifs is 1. The number of ether oxygens (including phenoxy) is 3. The van der Waals surface area contributed by atoms with E-state index in [1.807, 2.05) is 24.3 Å². The van der Waals surface area contributed by atoms with E-state index >= 15 is 0 Å². The van der Waals surface area contributed by atoms with E-state index in [2.05, 4.69) is 16.1 Å². The Kier molecular flexibility index (Phi) is 6.39. The average Bonchev–Trinajstić information content (AvgIpc) is 2.75.